The highest BCUT2D eigenvalue weighted by molar-refractivity contribution is 6.05. The van der Waals surface area contributed by atoms with E-state index >= 15 is 0 Å². The Labute approximate surface area is 180 Å². The van der Waals surface area contributed by atoms with Crippen molar-refractivity contribution >= 4 is 29.2 Å². The fraction of sp³-hybridized carbons (Fsp3) is 0.348. The van der Waals surface area contributed by atoms with Crippen molar-refractivity contribution in [3.8, 4) is 11.5 Å². The molecule has 162 valence electrons. The van der Waals surface area contributed by atoms with Gasteiger partial charge in [0.05, 0.1) is 31.9 Å². The van der Waals surface area contributed by atoms with Crippen molar-refractivity contribution in [3.63, 3.8) is 0 Å². The van der Waals surface area contributed by atoms with Gasteiger partial charge in [-0.25, -0.2) is 4.79 Å². The third-order valence-corrected chi connectivity index (χ3v) is 5.44. The molecule has 8 heteroatoms. The second kappa shape index (κ2) is 8.67. The molecule has 0 bridgehead atoms. The van der Waals surface area contributed by atoms with Crippen LogP contribution in [0.3, 0.4) is 0 Å². The van der Waals surface area contributed by atoms with Gasteiger partial charge in [-0.05, 0) is 43.3 Å². The topological polar surface area (TPSA) is 85.4 Å². The predicted molar refractivity (Wildman–Crippen MR) is 113 cm³/mol. The van der Waals surface area contributed by atoms with Crippen molar-refractivity contribution in [2.75, 3.05) is 36.6 Å². The molecule has 2 aromatic carbocycles. The number of hydrogen-bond donors (Lipinski definition) is 0. The number of hydrogen-bond acceptors (Lipinski definition) is 6. The number of benzene rings is 2. The lowest BCUT2D eigenvalue weighted by Crippen LogP contribution is -2.49. The highest BCUT2D eigenvalue weighted by Crippen LogP contribution is 2.36. The van der Waals surface area contributed by atoms with Crippen molar-refractivity contribution in [2.24, 2.45) is 5.92 Å². The Kier molecular flexibility index (Phi) is 5.79. The van der Waals surface area contributed by atoms with Crippen LogP contribution in [0, 0.1) is 5.92 Å². The van der Waals surface area contributed by atoms with Crippen molar-refractivity contribution in [1.82, 2.24) is 0 Å². The number of rotatable bonds is 5. The SMILES string of the molecule is CCOc1ccc(N2CC(C(=O)N3CC(C(=O)OC)Oc4ccccc43)CC2=O)cc1. The van der Waals surface area contributed by atoms with Gasteiger partial charge in [0.25, 0.3) is 0 Å². The van der Waals surface area contributed by atoms with Crippen LogP contribution in [0.1, 0.15) is 13.3 Å². The Bertz CT molecular complexity index is 990. The van der Waals surface area contributed by atoms with Gasteiger partial charge >= 0.3 is 5.97 Å². The van der Waals surface area contributed by atoms with E-state index in [0.717, 1.165) is 11.4 Å². The van der Waals surface area contributed by atoms with E-state index < -0.39 is 18.0 Å². The molecule has 0 aromatic heterocycles. The number of nitrogens with zero attached hydrogens (tertiary/aromatic N) is 2. The molecular weight excluding hydrogens is 400 g/mol. The number of carbonyl (C=O) groups excluding carboxylic acids is 3. The second-order valence-electron chi connectivity index (χ2n) is 7.38. The number of methoxy groups -OCH3 is 1. The molecule has 4 rings (SSSR count). The summed E-state index contributed by atoms with van der Waals surface area (Å²) in [5, 5.41) is 0. The largest absolute Gasteiger partial charge is 0.494 e. The minimum atomic E-state index is -0.914. The minimum Gasteiger partial charge on any atom is -0.494 e. The summed E-state index contributed by atoms with van der Waals surface area (Å²) in [6.07, 6.45) is -0.808. The maximum atomic E-state index is 13.4. The number of amides is 2. The van der Waals surface area contributed by atoms with Crippen LogP contribution in [0.4, 0.5) is 11.4 Å². The molecule has 8 nitrogen and oxygen atoms in total. The molecular formula is C23H24N2O6. The number of fused-ring (bicyclic) bond motifs is 1. The first kappa shape index (κ1) is 20.7. The maximum Gasteiger partial charge on any atom is 0.348 e. The summed E-state index contributed by atoms with van der Waals surface area (Å²) in [6, 6.07) is 14.3. The van der Waals surface area contributed by atoms with Gasteiger partial charge < -0.3 is 24.0 Å². The average Bonchev–Trinajstić information content (AvgIpc) is 3.19. The summed E-state index contributed by atoms with van der Waals surface area (Å²) < 4.78 is 16.0. The van der Waals surface area contributed by atoms with Gasteiger partial charge in [-0.15, -0.1) is 0 Å². The van der Waals surface area contributed by atoms with Crippen LogP contribution < -0.4 is 19.3 Å². The predicted octanol–water partition coefficient (Wildman–Crippen LogP) is 2.41. The smallest absolute Gasteiger partial charge is 0.348 e. The molecule has 0 spiro atoms. The van der Waals surface area contributed by atoms with E-state index in [0.29, 0.717) is 18.0 Å². The van der Waals surface area contributed by atoms with Crippen molar-refractivity contribution in [1.29, 1.82) is 0 Å². The molecule has 1 fully saturated rings. The Morgan fingerprint density at radius 2 is 1.84 bits per heavy atom. The number of para-hydroxylation sites is 2. The monoisotopic (exact) mass is 424 g/mol. The summed E-state index contributed by atoms with van der Waals surface area (Å²) in [5.41, 5.74) is 1.30. The average molecular weight is 424 g/mol. The van der Waals surface area contributed by atoms with Crippen molar-refractivity contribution in [2.45, 2.75) is 19.4 Å². The fourth-order valence-electron chi connectivity index (χ4n) is 3.93. The molecule has 2 heterocycles. The van der Waals surface area contributed by atoms with Gasteiger partial charge in [-0.3, -0.25) is 9.59 Å². The van der Waals surface area contributed by atoms with Crippen LogP contribution in [0.25, 0.3) is 0 Å². The quantitative estimate of drug-likeness (QED) is 0.686. The molecule has 2 aliphatic rings. The van der Waals surface area contributed by atoms with Gasteiger partial charge in [0, 0.05) is 18.7 Å². The van der Waals surface area contributed by atoms with Gasteiger partial charge in [0.15, 0.2) is 0 Å². The minimum absolute atomic E-state index is 0.0380. The molecule has 2 unspecified atom stereocenters. The van der Waals surface area contributed by atoms with Gasteiger partial charge in [-0.1, -0.05) is 12.1 Å². The number of esters is 1. The molecule has 2 atom stereocenters. The lowest BCUT2D eigenvalue weighted by Gasteiger charge is -2.34. The summed E-state index contributed by atoms with van der Waals surface area (Å²) in [6.45, 7) is 2.78. The fourth-order valence-corrected chi connectivity index (χ4v) is 3.93. The normalized spacial score (nSPS) is 20.1. The molecule has 2 amide bonds. The molecule has 31 heavy (non-hydrogen) atoms. The van der Waals surface area contributed by atoms with E-state index in [1.807, 2.05) is 19.1 Å². The number of ether oxygens (including phenoxy) is 3. The lowest BCUT2D eigenvalue weighted by molar-refractivity contribution is -0.148. The molecule has 0 radical (unpaired) electrons. The van der Waals surface area contributed by atoms with Crippen LogP contribution in [0.15, 0.2) is 48.5 Å². The third-order valence-electron chi connectivity index (χ3n) is 5.44. The number of carbonyl (C=O) groups is 3. The van der Waals surface area contributed by atoms with Gasteiger partial charge in [-0.2, -0.15) is 0 Å². The summed E-state index contributed by atoms with van der Waals surface area (Å²) in [7, 11) is 1.28. The zero-order chi connectivity index (χ0) is 22.0. The maximum absolute atomic E-state index is 13.4. The molecule has 0 N–H and O–H groups in total. The molecule has 0 aliphatic carbocycles. The Hall–Kier alpha value is -3.55. The van der Waals surface area contributed by atoms with Crippen LogP contribution in [-0.2, 0) is 19.1 Å². The van der Waals surface area contributed by atoms with Crippen LogP contribution in [0.5, 0.6) is 11.5 Å². The van der Waals surface area contributed by atoms with Gasteiger partial charge in [0.2, 0.25) is 17.9 Å². The van der Waals surface area contributed by atoms with Gasteiger partial charge in [0.1, 0.15) is 11.5 Å². The molecule has 1 saturated heterocycles. The Morgan fingerprint density at radius 1 is 1.10 bits per heavy atom. The highest BCUT2D eigenvalue weighted by atomic mass is 16.6. The van der Waals surface area contributed by atoms with Crippen LogP contribution in [0.2, 0.25) is 0 Å². The molecule has 2 aromatic rings. The zero-order valence-electron chi connectivity index (χ0n) is 17.4. The highest BCUT2D eigenvalue weighted by Gasteiger charge is 2.41. The molecule has 2 aliphatic heterocycles. The Balaban J connectivity index is 1.54. The first-order valence-corrected chi connectivity index (χ1v) is 10.2. The van der Waals surface area contributed by atoms with E-state index in [4.69, 9.17) is 14.2 Å². The third kappa shape index (κ3) is 4.05. The van der Waals surface area contributed by atoms with E-state index in [-0.39, 0.29) is 31.3 Å². The summed E-state index contributed by atoms with van der Waals surface area (Å²) in [5.74, 6) is -0.246. The van der Waals surface area contributed by atoms with Crippen molar-refractivity contribution in [3.05, 3.63) is 48.5 Å². The van der Waals surface area contributed by atoms with E-state index in [1.54, 1.807) is 41.3 Å². The second-order valence-corrected chi connectivity index (χ2v) is 7.38. The van der Waals surface area contributed by atoms with Crippen LogP contribution in [-0.4, -0.2) is 50.7 Å². The van der Waals surface area contributed by atoms with Crippen LogP contribution >= 0.6 is 0 Å². The van der Waals surface area contributed by atoms with E-state index in [9.17, 15) is 14.4 Å². The van der Waals surface area contributed by atoms with E-state index in [2.05, 4.69) is 0 Å². The molecule has 0 saturated carbocycles. The van der Waals surface area contributed by atoms with Crippen molar-refractivity contribution < 1.29 is 28.6 Å². The first-order chi connectivity index (χ1) is 15.0. The first-order valence-electron chi connectivity index (χ1n) is 10.2. The Morgan fingerprint density at radius 3 is 2.55 bits per heavy atom. The summed E-state index contributed by atoms with van der Waals surface area (Å²) in [4.78, 5) is 41.3. The van der Waals surface area contributed by atoms with E-state index in [1.165, 1.54) is 12.0 Å². The standard InChI is InChI=1S/C23H24N2O6/c1-3-30-17-10-8-16(9-11-17)24-13-15(12-21(24)26)22(27)25-14-20(23(28)29-2)31-19-7-5-4-6-18(19)25/h4-11,15,20H,3,12-14H2,1-2H3. The summed E-state index contributed by atoms with van der Waals surface area (Å²) >= 11 is 0. The zero-order valence-corrected chi connectivity index (χ0v) is 17.4. The lowest BCUT2D eigenvalue weighted by atomic mass is 10.0. The number of anilines is 2.